The van der Waals surface area contributed by atoms with Crippen LogP contribution in [0, 0.1) is 0 Å². The molecule has 0 amide bonds. The SMILES string of the molecule is COc1ccccc1-c1ccc2c(c1COC(=O)c1ccccc1)C(C)=CC(C)(C)N2.COc1ccccc1-c1ccc2c(c1COC(C)=O)C(C)=CC(C)(C)N2. The van der Waals surface area contributed by atoms with Gasteiger partial charge < -0.3 is 29.6 Å². The van der Waals surface area contributed by atoms with E-state index < -0.39 is 0 Å². The van der Waals surface area contributed by atoms with Crippen LogP contribution in [0.4, 0.5) is 11.4 Å². The fourth-order valence-corrected chi connectivity index (χ4v) is 7.91. The van der Waals surface area contributed by atoms with Gasteiger partial charge in [-0.2, -0.15) is 0 Å². The Morgan fingerprint density at radius 3 is 1.40 bits per heavy atom. The Bertz CT molecular complexity index is 2360. The van der Waals surface area contributed by atoms with Crippen LogP contribution in [0.25, 0.3) is 33.4 Å². The van der Waals surface area contributed by atoms with Crippen molar-refractivity contribution < 1.29 is 28.5 Å². The number of hydrogen-bond donors (Lipinski definition) is 2. The number of carbonyl (C=O) groups is 2. The lowest BCUT2D eigenvalue weighted by Gasteiger charge is -2.33. The van der Waals surface area contributed by atoms with E-state index in [4.69, 9.17) is 18.9 Å². The summed E-state index contributed by atoms with van der Waals surface area (Å²) in [6.07, 6.45) is 4.42. The maximum absolute atomic E-state index is 12.7. The number of para-hydroxylation sites is 2. The molecule has 2 aliphatic rings. The van der Waals surface area contributed by atoms with Gasteiger partial charge in [-0.1, -0.05) is 78.9 Å². The molecule has 0 radical (unpaired) electrons. The van der Waals surface area contributed by atoms with E-state index in [0.29, 0.717) is 5.56 Å². The Balaban J connectivity index is 0.000000196. The summed E-state index contributed by atoms with van der Waals surface area (Å²) < 4.78 is 22.3. The highest BCUT2D eigenvalue weighted by Gasteiger charge is 2.29. The summed E-state index contributed by atoms with van der Waals surface area (Å²) >= 11 is 0. The summed E-state index contributed by atoms with van der Waals surface area (Å²) in [5, 5.41) is 7.14. The summed E-state index contributed by atoms with van der Waals surface area (Å²) in [5.74, 6) is 0.945. The average molecular weight is 765 g/mol. The zero-order valence-corrected chi connectivity index (χ0v) is 34.3. The first kappa shape index (κ1) is 40.4. The van der Waals surface area contributed by atoms with Crippen molar-refractivity contribution in [3.8, 4) is 33.8 Å². The predicted octanol–water partition coefficient (Wildman–Crippen LogP) is 11.4. The van der Waals surface area contributed by atoms with E-state index in [-0.39, 0.29) is 36.2 Å². The molecular weight excluding hydrogens is 713 g/mol. The molecule has 0 unspecified atom stereocenters. The smallest absolute Gasteiger partial charge is 0.338 e. The van der Waals surface area contributed by atoms with Gasteiger partial charge in [-0.15, -0.1) is 0 Å². The summed E-state index contributed by atoms with van der Waals surface area (Å²) in [5.41, 5.74) is 12.7. The van der Waals surface area contributed by atoms with Gasteiger partial charge in [0.15, 0.2) is 0 Å². The Morgan fingerprint density at radius 2 is 0.965 bits per heavy atom. The van der Waals surface area contributed by atoms with Crippen LogP contribution in [-0.2, 0) is 27.5 Å². The first-order chi connectivity index (χ1) is 27.2. The van der Waals surface area contributed by atoms with E-state index in [1.54, 1.807) is 26.4 Å². The van der Waals surface area contributed by atoms with Gasteiger partial charge in [0, 0.05) is 51.7 Å². The number of methoxy groups -OCH3 is 2. The molecule has 0 aliphatic carbocycles. The van der Waals surface area contributed by atoms with Crippen molar-refractivity contribution in [3.05, 3.63) is 143 Å². The van der Waals surface area contributed by atoms with Crippen LogP contribution in [0.3, 0.4) is 0 Å². The minimum absolute atomic E-state index is 0.123. The van der Waals surface area contributed by atoms with Crippen molar-refractivity contribution in [1.29, 1.82) is 0 Å². The summed E-state index contributed by atoms with van der Waals surface area (Å²) in [7, 11) is 3.33. The van der Waals surface area contributed by atoms with Gasteiger partial charge in [-0.25, -0.2) is 4.79 Å². The monoisotopic (exact) mass is 764 g/mol. The molecule has 0 bridgehead atoms. The molecule has 8 nitrogen and oxygen atoms in total. The molecule has 0 saturated carbocycles. The third-order valence-corrected chi connectivity index (χ3v) is 10.1. The van der Waals surface area contributed by atoms with Crippen LogP contribution < -0.4 is 20.1 Å². The average Bonchev–Trinajstić information content (AvgIpc) is 3.18. The van der Waals surface area contributed by atoms with Crippen LogP contribution >= 0.6 is 0 Å². The fourth-order valence-electron chi connectivity index (χ4n) is 7.91. The molecule has 0 saturated heterocycles. The van der Waals surface area contributed by atoms with E-state index >= 15 is 0 Å². The molecule has 0 spiro atoms. The molecule has 294 valence electrons. The lowest BCUT2D eigenvalue weighted by molar-refractivity contribution is -0.142. The number of hydrogen-bond acceptors (Lipinski definition) is 8. The van der Waals surface area contributed by atoms with E-state index in [9.17, 15) is 9.59 Å². The van der Waals surface area contributed by atoms with Crippen LogP contribution in [0.1, 0.15) is 81.1 Å². The zero-order valence-electron chi connectivity index (χ0n) is 34.3. The fraction of sp³-hybridized carbons (Fsp3) is 0.265. The number of rotatable bonds is 9. The molecule has 5 aromatic carbocycles. The summed E-state index contributed by atoms with van der Waals surface area (Å²) in [6, 6.07) is 33.2. The molecule has 7 rings (SSSR count). The Morgan fingerprint density at radius 1 is 0.544 bits per heavy atom. The number of anilines is 2. The standard InChI is InChI=1S/C27H27NO3.C22H25NO3/c1-18-16-27(2,3)28-23-15-14-20(21-12-8-9-13-24(21)30-4)22(25(18)23)17-31-26(29)19-10-6-5-7-11-19;1-14-12-22(3,4)23-19-11-10-16(17-8-6-7-9-20(17)25-5)18(21(14)19)13-26-15(2)24/h5-16,28H,17H2,1-4H3;6-12,23H,13H2,1-5H3. The van der Waals surface area contributed by atoms with E-state index in [2.05, 4.69) is 88.6 Å². The quantitative estimate of drug-likeness (QED) is 0.143. The molecule has 2 aliphatic heterocycles. The molecule has 5 aromatic rings. The molecule has 57 heavy (non-hydrogen) atoms. The minimum atomic E-state index is -0.338. The molecule has 0 aromatic heterocycles. The largest absolute Gasteiger partial charge is 0.496 e. The van der Waals surface area contributed by atoms with Crippen LogP contribution in [-0.4, -0.2) is 37.2 Å². The van der Waals surface area contributed by atoms with Crippen molar-refractivity contribution in [1.82, 2.24) is 0 Å². The number of allylic oxidation sites excluding steroid dienone is 2. The Kier molecular flexibility index (Phi) is 11.9. The predicted molar refractivity (Wildman–Crippen MR) is 231 cm³/mol. The normalized spacial score (nSPS) is 14.4. The van der Waals surface area contributed by atoms with Gasteiger partial charge in [0.2, 0.25) is 0 Å². The summed E-state index contributed by atoms with van der Waals surface area (Å²) in [4.78, 5) is 24.1. The Hall–Kier alpha value is -6.28. The number of ether oxygens (including phenoxy) is 4. The number of esters is 2. The molecule has 2 N–H and O–H groups in total. The number of benzene rings is 5. The first-order valence-electron chi connectivity index (χ1n) is 19.1. The van der Waals surface area contributed by atoms with E-state index in [1.807, 2.05) is 66.7 Å². The number of carbonyl (C=O) groups excluding carboxylic acids is 2. The van der Waals surface area contributed by atoms with Gasteiger partial charge >= 0.3 is 11.9 Å². The Labute approximate surface area is 336 Å². The number of fused-ring (bicyclic) bond motifs is 2. The molecule has 0 atom stereocenters. The third kappa shape index (κ3) is 9.07. The topological polar surface area (TPSA) is 95.1 Å². The van der Waals surface area contributed by atoms with Crippen molar-refractivity contribution in [2.24, 2.45) is 0 Å². The highest BCUT2D eigenvalue weighted by Crippen LogP contribution is 2.44. The molecule has 2 heterocycles. The maximum Gasteiger partial charge on any atom is 0.338 e. The summed E-state index contributed by atoms with van der Waals surface area (Å²) in [6.45, 7) is 14.6. The lowest BCUT2D eigenvalue weighted by Crippen LogP contribution is -2.32. The molecule has 8 heteroatoms. The first-order valence-corrected chi connectivity index (χ1v) is 19.1. The van der Waals surface area contributed by atoms with Gasteiger partial charge in [-0.3, -0.25) is 4.79 Å². The van der Waals surface area contributed by atoms with Crippen LogP contribution in [0.5, 0.6) is 11.5 Å². The number of nitrogens with one attached hydrogen (secondary N) is 2. The van der Waals surface area contributed by atoms with Crippen molar-refractivity contribution in [2.75, 3.05) is 24.9 Å². The van der Waals surface area contributed by atoms with Crippen molar-refractivity contribution in [2.45, 2.75) is 72.8 Å². The second-order valence-corrected chi connectivity index (χ2v) is 15.5. The van der Waals surface area contributed by atoms with Gasteiger partial charge in [-0.05, 0) is 100 Å². The molecule has 0 fully saturated rings. The van der Waals surface area contributed by atoms with Crippen molar-refractivity contribution >= 4 is 34.5 Å². The third-order valence-electron chi connectivity index (χ3n) is 10.1. The van der Waals surface area contributed by atoms with Crippen molar-refractivity contribution in [3.63, 3.8) is 0 Å². The molecular formula is C49H52N2O6. The maximum atomic E-state index is 12.7. The van der Waals surface area contributed by atoms with E-state index in [1.165, 1.54) is 12.5 Å². The lowest BCUT2D eigenvalue weighted by atomic mass is 9.85. The second-order valence-electron chi connectivity index (χ2n) is 15.5. The minimum Gasteiger partial charge on any atom is -0.496 e. The highest BCUT2D eigenvalue weighted by molar-refractivity contribution is 5.91. The van der Waals surface area contributed by atoms with Crippen LogP contribution in [0.2, 0.25) is 0 Å². The van der Waals surface area contributed by atoms with Gasteiger partial charge in [0.25, 0.3) is 0 Å². The van der Waals surface area contributed by atoms with Crippen LogP contribution in [0.15, 0.2) is 115 Å². The second kappa shape index (κ2) is 16.8. The highest BCUT2D eigenvalue weighted by atomic mass is 16.5. The van der Waals surface area contributed by atoms with Gasteiger partial charge in [0.05, 0.1) is 30.9 Å². The zero-order chi connectivity index (χ0) is 40.9. The van der Waals surface area contributed by atoms with E-state index in [0.717, 1.165) is 73.0 Å². The van der Waals surface area contributed by atoms with Gasteiger partial charge in [0.1, 0.15) is 24.7 Å².